The third-order valence-electron chi connectivity index (χ3n) is 3.47. The Kier molecular flexibility index (Phi) is 6.80. The lowest BCUT2D eigenvalue weighted by Crippen LogP contribution is -2.48. The highest BCUT2D eigenvalue weighted by Crippen LogP contribution is 2.11. The third kappa shape index (κ3) is 5.63. The van der Waals surface area contributed by atoms with Crippen LogP contribution in [-0.4, -0.2) is 23.1 Å². The van der Waals surface area contributed by atoms with Gasteiger partial charge in [0.2, 0.25) is 0 Å². The number of rotatable bonds is 5. The number of carbonyl (C=O) groups excluding carboxylic acids is 2. The van der Waals surface area contributed by atoms with Crippen molar-refractivity contribution in [2.24, 2.45) is 5.92 Å². The predicted molar refractivity (Wildman–Crippen MR) is 100 cm³/mol. The number of benzene rings is 1. The number of urea groups is 1. The smallest absolute Gasteiger partial charge is 0.333 e. The third-order valence-corrected chi connectivity index (χ3v) is 3.70. The minimum Gasteiger partial charge on any atom is -0.336 e. The lowest BCUT2D eigenvalue weighted by atomic mass is 10.2. The zero-order chi connectivity index (χ0) is 19.1. The zero-order valence-electron chi connectivity index (χ0n) is 14.6. The topological polar surface area (TPSA) is 92.2 Å². The van der Waals surface area contributed by atoms with Crippen molar-refractivity contribution in [2.45, 2.75) is 20.4 Å². The average Bonchev–Trinajstić information content (AvgIpc) is 2.59. The summed E-state index contributed by atoms with van der Waals surface area (Å²) >= 11 is 5.95. The molecule has 3 amide bonds. The number of nitrogens with one attached hydrogen (secondary N) is 3. The van der Waals surface area contributed by atoms with Crippen LogP contribution in [-0.2, 0) is 6.54 Å². The summed E-state index contributed by atoms with van der Waals surface area (Å²) in [5.74, 6) is -0.403. The van der Waals surface area contributed by atoms with Crippen LogP contribution in [0, 0.1) is 5.92 Å². The van der Waals surface area contributed by atoms with Crippen molar-refractivity contribution in [1.29, 1.82) is 0 Å². The first-order valence-corrected chi connectivity index (χ1v) is 8.52. The Labute approximate surface area is 156 Å². The van der Waals surface area contributed by atoms with Crippen molar-refractivity contribution in [1.82, 2.24) is 20.7 Å². The van der Waals surface area contributed by atoms with Gasteiger partial charge in [-0.3, -0.25) is 15.0 Å². The van der Waals surface area contributed by atoms with E-state index in [2.05, 4.69) is 16.2 Å². The number of pyridine rings is 1. The number of hydrazine groups is 1. The van der Waals surface area contributed by atoms with Crippen LogP contribution in [0.2, 0.25) is 5.02 Å². The molecule has 0 aliphatic carbocycles. The van der Waals surface area contributed by atoms with E-state index in [1.165, 1.54) is 10.6 Å². The van der Waals surface area contributed by atoms with Crippen molar-refractivity contribution in [2.75, 3.05) is 6.54 Å². The van der Waals surface area contributed by atoms with Gasteiger partial charge in [0.1, 0.15) is 5.56 Å². The summed E-state index contributed by atoms with van der Waals surface area (Å²) in [6, 6.07) is 9.58. The molecule has 0 bridgehead atoms. The van der Waals surface area contributed by atoms with Crippen molar-refractivity contribution < 1.29 is 9.59 Å². The van der Waals surface area contributed by atoms with E-state index in [-0.39, 0.29) is 18.0 Å². The van der Waals surface area contributed by atoms with E-state index in [0.717, 1.165) is 5.56 Å². The van der Waals surface area contributed by atoms with Crippen molar-refractivity contribution in [3.8, 4) is 0 Å². The molecule has 0 aliphatic heterocycles. The van der Waals surface area contributed by atoms with Gasteiger partial charge in [0.15, 0.2) is 0 Å². The van der Waals surface area contributed by atoms with Gasteiger partial charge in [-0.25, -0.2) is 10.2 Å². The molecule has 0 saturated carbocycles. The lowest BCUT2D eigenvalue weighted by molar-refractivity contribution is 0.0934. The minimum atomic E-state index is -0.685. The van der Waals surface area contributed by atoms with Crippen LogP contribution < -0.4 is 21.7 Å². The molecular formula is C18H21ClN4O3. The van der Waals surface area contributed by atoms with E-state index >= 15 is 0 Å². The molecule has 0 radical (unpaired) electrons. The van der Waals surface area contributed by atoms with Crippen molar-refractivity contribution in [3.63, 3.8) is 0 Å². The molecule has 0 atom stereocenters. The Morgan fingerprint density at radius 1 is 1.15 bits per heavy atom. The quantitative estimate of drug-likeness (QED) is 0.698. The number of aromatic nitrogens is 1. The Hall–Kier alpha value is -2.80. The van der Waals surface area contributed by atoms with E-state index in [9.17, 15) is 14.4 Å². The van der Waals surface area contributed by atoms with Gasteiger partial charge >= 0.3 is 6.03 Å². The molecule has 0 fully saturated rings. The number of nitrogens with zero attached hydrogens (tertiary/aromatic N) is 1. The second-order valence-electron chi connectivity index (χ2n) is 6.17. The summed E-state index contributed by atoms with van der Waals surface area (Å²) in [6.45, 7) is 4.65. The summed E-state index contributed by atoms with van der Waals surface area (Å²) in [6.07, 6.45) is 1.59. The van der Waals surface area contributed by atoms with Crippen LogP contribution in [0.25, 0.3) is 0 Å². The number of hydrogen-bond donors (Lipinski definition) is 3. The number of amides is 3. The molecule has 0 aliphatic rings. The molecule has 2 rings (SSSR count). The zero-order valence-corrected chi connectivity index (χ0v) is 15.3. The van der Waals surface area contributed by atoms with Gasteiger partial charge in [0.25, 0.3) is 11.5 Å². The van der Waals surface area contributed by atoms with Crippen LogP contribution in [0.4, 0.5) is 4.79 Å². The summed E-state index contributed by atoms with van der Waals surface area (Å²) in [7, 11) is 0. The summed E-state index contributed by atoms with van der Waals surface area (Å²) in [4.78, 5) is 36.3. The van der Waals surface area contributed by atoms with E-state index in [1.807, 2.05) is 19.9 Å². The maximum atomic E-state index is 12.5. The maximum absolute atomic E-state index is 12.5. The van der Waals surface area contributed by atoms with E-state index < -0.39 is 17.5 Å². The molecule has 3 N–H and O–H groups in total. The number of carbonyl (C=O) groups is 2. The molecule has 8 heteroatoms. The molecule has 0 unspecified atom stereocenters. The predicted octanol–water partition coefficient (Wildman–Crippen LogP) is 2.15. The van der Waals surface area contributed by atoms with Crippen LogP contribution in [0.1, 0.15) is 29.8 Å². The van der Waals surface area contributed by atoms with Crippen LogP contribution in [0.5, 0.6) is 0 Å². The van der Waals surface area contributed by atoms with Gasteiger partial charge in [0.05, 0.1) is 6.54 Å². The van der Waals surface area contributed by atoms with Crippen LogP contribution in [0.3, 0.4) is 0 Å². The second-order valence-corrected chi connectivity index (χ2v) is 6.60. The fourth-order valence-electron chi connectivity index (χ4n) is 2.19. The van der Waals surface area contributed by atoms with Gasteiger partial charge in [-0.05, 0) is 35.7 Å². The SMILES string of the molecule is CC(C)CNC(=O)NNC(=O)c1cccn(Cc2cccc(Cl)c2)c1=O. The van der Waals surface area contributed by atoms with Crippen LogP contribution >= 0.6 is 11.6 Å². The molecule has 0 spiro atoms. The Balaban J connectivity index is 2.04. The van der Waals surface area contributed by atoms with Gasteiger partial charge in [-0.1, -0.05) is 37.6 Å². The minimum absolute atomic E-state index is 0.0707. The van der Waals surface area contributed by atoms with Gasteiger partial charge in [-0.15, -0.1) is 0 Å². The first-order chi connectivity index (χ1) is 12.4. The van der Waals surface area contributed by atoms with Crippen molar-refractivity contribution >= 4 is 23.5 Å². The number of hydrogen-bond acceptors (Lipinski definition) is 3. The summed E-state index contributed by atoms with van der Waals surface area (Å²) in [5, 5.41) is 3.16. The first kappa shape index (κ1) is 19.5. The number of halogens is 1. The summed E-state index contributed by atoms with van der Waals surface area (Å²) in [5.41, 5.74) is 4.76. The van der Waals surface area contributed by atoms with E-state index in [4.69, 9.17) is 11.6 Å². The van der Waals surface area contributed by atoms with E-state index in [1.54, 1.807) is 30.5 Å². The molecule has 138 valence electrons. The van der Waals surface area contributed by atoms with Crippen LogP contribution in [0.15, 0.2) is 47.4 Å². The second kappa shape index (κ2) is 9.05. The fourth-order valence-corrected chi connectivity index (χ4v) is 2.40. The highest BCUT2D eigenvalue weighted by atomic mass is 35.5. The standard InChI is InChI=1S/C18H21ClN4O3/c1-12(2)10-20-18(26)22-21-16(24)15-7-4-8-23(17(15)25)11-13-5-3-6-14(19)9-13/h3-9,12H,10-11H2,1-2H3,(H,21,24)(H2,20,22,26). The molecule has 26 heavy (non-hydrogen) atoms. The monoisotopic (exact) mass is 376 g/mol. The normalized spacial score (nSPS) is 10.5. The van der Waals surface area contributed by atoms with Gasteiger partial charge in [-0.2, -0.15) is 0 Å². The first-order valence-electron chi connectivity index (χ1n) is 8.15. The molecular weight excluding hydrogens is 356 g/mol. The molecule has 1 heterocycles. The Morgan fingerprint density at radius 3 is 2.62 bits per heavy atom. The van der Waals surface area contributed by atoms with Gasteiger partial charge in [0, 0.05) is 17.8 Å². The highest BCUT2D eigenvalue weighted by Gasteiger charge is 2.13. The highest BCUT2D eigenvalue weighted by molar-refractivity contribution is 6.30. The lowest BCUT2D eigenvalue weighted by Gasteiger charge is -2.11. The fraction of sp³-hybridized carbons (Fsp3) is 0.278. The largest absolute Gasteiger partial charge is 0.336 e. The van der Waals surface area contributed by atoms with Crippen molar-refractivity contribution in [3.05, 3.63) is 69.1 Å². The molecule has 7 nitrogen and oxygen atoms in total. The Morgan fingerprint density at radius 2 is 1.92 bits per heavy atom. The van der Waals surface area contributed by atoms with Gasteiger partial charge < -0.3 is 9.88 Å². The Bertz CT molecular complexity index is 848. The molecule has 2 aromatic rings. The molecule has 1 aromatic heterocycles. The maximum Gasteiger partial charge on any atom is 0.333 e. The average molecular weight is 377 g/mol. The molecule has 0 saturated heterocycles. The molecule has 1 aromatic carbocycles. The van der Waals surface area contributed by atoms with E-state index in [0.29, 0.717) is 11.6 Å². The summed E-state index contributed by atoms with van der Waals surface area (Å²) < 4.78 is 1.40.